The second kappa shape index (κ2) is 8.36. The van der Waals surface area contributed by atoms with Crippen molar-refractivity contribution in [1.82, 2.24) is 4.98 Å². The molecule has 1 aliphatic heterocycles. The molecule has 4 aromatic rings. The average Bonchev–Trinajstić information content (AvgIpc) is 3.26. The molecular formula is C25H20N2O4. The van der Waals surface area contributed by atoms with Crippen LogP contribution in [0, 0.1) is 0 Å². The summed E-state index contributed by atoms with van der Waals surface area (Å²) in [5.41, 5.74) is 3.43. The Hall–Kier alpha value is -4.06. The standard InChI is InChI=1S/C25H20N2O4/c28-24(13-19-6-2-5-18-7-3-11-26-25(18)19)27-20-8-1-4-17(12-20)15-29-21-9-10-22-23(14-21)31-16-30-22/h1-12,14H,13,15-16H2,(H,27,28). The van der Waals surface area contributed by atoms with Crippen molar-refractivity contribution in [2.45, 2.75) is 13.0 Å². The fourth-order valence-corrected chi connectivity index (χ4v) is 3.56. The van der Waals surface area contributed by atoms with E-state index in [0.29, 0.717) is 18.1 Å². The fraction of sp³-hybridized carbons (Fsp3) is 0.120. The lowest BCUT2D eigenvalue weighted by atomic mass is 10.1. The molecule has 0 spiro atoms. The molecule has 0 saturated carbocycles. The predicted octanol–water partition coefficient (Wildman–Crippen LogP) is 4.72. The number of pyridine rings is 1. The molecule has 3 aromatic carbocycles. The van der Waals surface area contributed by atoms with Crippen LogP contribution in [0.25, 0.3) is 10.9 Å². The predicted molar refractivity (Wildman–Crippen MR) is 117 cm³/mol. The zero-order chi connectivity index (χ0) is 21.0. The molecular weight excluding hydrogens is 392 g/mol. The number of fused-ring (bicyclic) bond motifs is 2. The Morgan fingerprint density at radius 3 is 2.81 bits per heavy atom. The van der Waals surface area contributed by atoms with Crippen molar-refractivity contribution >= 4 is 22.5 Å². The largest absolute Gasteiger partial charge is 0.489 e. The fourth-order valence-electron chi connectivity index (χ4n) is 3.56. The van der Waals surface area contributed by atoms with Crippen molar-refractivity contribution in [3.63, 3.8) is 0 Å². The second-order valence-corrected chi connectivity index (χ2v) is 7.22. The molecule has 0 saturated heterocycles. The second-order valence-electron chi connectivity index (χ2n) is 7.22. The van der Waals surface area contributed by atoms with Crippen LogP contribution >= 0.6 is 0 Å². The van der Waals surface area contributed by atoms with Crippen LogP contribution in [0.4, 0.5) is 5.69 Å². The van der Waals surface area contributed by atoms with E-state index in [2.05, 4.69) is 10.3 Å². The Kier molecular flexibility index (Phi) is 5.10. The van der Waals surface area contributed by atoms with Gasteiger partial charge in [0.15, 0.2) is 11.5 Å². The monoisotopic (exact) mass is 412 g/mol. The van der Waals surface area contributed by atoms with E-state index in [4.69, 9.17) is 14.2 Å². The molecule has 1 aliphatic rings. The highest BCUT2D eigenvalue weighted by molar-refractivity contribution is 5.95. The van der Waals surface area contributed by atoms with Gasteiger partial charge < -0.3 is 19.5 Å². The van der Waals surface area contributed by atoms with Crippen molar-refractivity contribution in [2.75, 3.05) is 12.1 Å². The molecule has 0 unspecified atom stereocenters. The number of carbonyl (C=O) groups excluding carboxylic acids is 1. The molecule has 6 nitrogen and oxygen atoms in total. The first kappa shape index (κ1) is 18.9. The van der Waals surface area contributed by atoms with Gasteiger partial charge in [-0.05, 0) is 41.5 Å². The van der Waals surface area contributed by atoms with E-state index in [0.717, 1.165) is 33.5 Å². The first-order valence-corrected chi connectivity index (χ1v) is 9.98. The van der Waals surface area contributed by atoms with Crippen molar-refractivity contribution < 1.29 is 19.0 Å². The third-order valence-electron chi connectivity index (χ3n) is 5.03. The minimum atomic E-state index is -0.0907. The van der Waals surface area contributed by atoms with Gasteiger partial charge in [0.1, 0.15) is 12.4 Å². The van der Waals surface area contributed by atoms with E-state index < -0.39 is 0 Å². The van der Waals surface area contributed by atoms with Crippen LogP contribution in [0.5, 0.6) is 17.2 Å². The average molecular weight is 412 g/mol. The van der Waals surface area contributed by atoms with Crippen LogP contribution in [0.15, 0.2) is 79.0 Å². The molecule has 31 heavy (non-hydrogen) atoms. The minimum absolute atomic E-state index is 0.0907. The third-order valence-corrected chi connectivity index (χ3v) is 5.03. The molecule has 154 valence electrons. The van der Waals surface area contributed by atoms with Crippen molar-refractivity contribution in [3.05, 3.63) is 90.1 Å². The van der Waals surface area contributed by atoms with Crippen LogP contribution in [-0.4, -0.2) is 17.7 Å². The van der Waals surface area contributed by atoms with Gasteiger partial charge >= 0.3 is 0 Å². The van der Waals surface area contributed by atoms with Crippen LogP contribution in [0.3, 0.4) is 0 Å². The highest BCUT2D eigenvalue weighted by atomic mass is 16.7. The smallest absolute Gasteiger partial charge is 0.231 e. The number of hydrogen-bond acceptors (Lipinski definition) is 5. The lowest BCUT2D eigenvalue weighted by Crippen LogP contribution is -2.15. The van der Waals surface area contributed by atoms with E-state index in [1.54, 1.807) is 6.20 Å². The van der Waals surface area contributed by atoms with Gasteiger partial charge in [-0.1, -0.05) is 36.4 Å². The molecule has 2 heterocycles. The molecule has 0 radical (unpaired) electrons. The summed E-state index contributed by atoms with van der Waals surface area (Å²) in [5.74, 6) is 2.01. The van der Waals surface area contributed by atoms with Crippen LogP contribution in [-0.2, 0) is 17.8 Å². The summed E-state index contributed by atoms with van der Waals surface area (Å²) in [4.78, 5) is 17.0. The number of nitrogens with zero attached hydrogens (tertiary/aromatic N) is 1. The number of amides is 1. The van der Waals surface area contributed by atoms with Gasteiger partial charge in [0.25, 0.3) is 0 Å². The van der Waals surface area contributed by atoms with Crippen molar-refractivity contribution in [2.24, 2.45) is 0 Å². The molecule has 0 fully saturated rings. The number of nitrogens with one attached hydrogen (secondary N) is 1. The SMILES string of the molecule is O=C(Cc1cccc2cccnc12)Nc1cccc(COc2ccc3c(c2)OCO3)c1. The molecule has 5 rings (SSSR count). The van der Waals surface area contributed by atoms with Gasteiger partial charge in [0.2, 0.25) is 12.7 Å². The van der Waals surface area contributed by atoms with Crippen LogP contribution < -0.4 is 19.5 Å². The van der Waals surface area contributed by atoms with Crippen LogP contribution in [0.2, 0.25) is 0 Å². The Labute approximate surface area is 179 Å². The van der Waals surface area contributed by atoms with E-state index in [1.807, 2.05) is 72.8 Å². The third kappa shape index (κ3) is 4.28. The van der Waals surface area contributed by atoms with E-state index >= 15 is 0 Å². The Morgan fingerprint density at radius 1 is 0.968 bits per heavy atom. The topological polar surface area (TPSA) is 69.7 Å². The molecule has 0 aliphatic carbocycles. The number of ether oxygens (including phenoxy) is 3. The van der Waals surface area contributed by atoms with Crippen molar-refractivity contribution in [3.8, 4) is 17.2 Å². The summed E-state index contributed by atoms with van der Waals surface area (Å²) in [5, 5.41) is 3.99. The zero-order valence-electron chi connectivity index (χ0n) is 16.7. The summed E-state index contributed by atoms with van der Waals surface area (Å²) in [6.07, 6.45) is 2.00. The van der Waals surface area contributed by atoms with E-state index in [1.165, 1.54) is 0 Å². The maximum absolute atomic E-state index is 12.6. The van der Waals surface area contributed by atoms with Gasteiger partial charge in [0, 0.05) is 23.3 Å². The first-order chi connectivity index (χ1) is 15.2. The Balaban J connectivity index is 1.23. The van der Waals surface area contributed by atoms with Crippen LogP contribution in [0.1, 0.15) is 11.1 Å². The van der Waals surface area contributed by atoms with Gasteiger partial charge in [-0.3, -0.25) is 9.78 Å². The number of benzene rings is 3. The Bertz CT molecular complexity index is 1250. The first-order valence-electron chi connectivity index (χ1n) is 9.98. The summed E-state index contributed by atoms with van der Waals surface area (Å²) in [6.45, 7) is 0.603. The maximum atomic E-state index is 12.6. The molecule has 1 N–H and O–H groups in total. The summed E-state index contributed by atoms with van der Waals surface area (Å²) >= 11 is 0. The normalized spacial score (nSPS) is 12.0. The lowest BCUT2D eigenvalue weighted by Gasteiger charge is -2.10. The van der Waals surface area contributed by atoms with Gasteiger partial charge in [-0.15, -0.1) is 0 Å². The molecule has 1 amide bonds. The number of hydrogen-bond donors (Lipinski definition) is 1. The quantitative estimate of drug-likeness (QED) is 0.496. The zero-order valence-corrected chi connectivity index (χ0v) is 16.7. The summed E-state index contributed by atoms with van der Waals surface area (Å²) < 4.78 is 16.6. The highest BCUT2D eigenvalue weighted by Crippen LogP contribution is 2.35. The van der Waals surface area contributed by atoms with E-state index in [-0.39, 0.29) is 19.1 Å². The van der Waals surface area contributed by atoms with Crippen molar-refractivity contribution in [1.29, 1.82) is 0 Å². The molecule has 1 aromatic heterocycles. The number of rotatable bonds is 6. The molecule has 0 bridgehead atoms. The summed E-state index contributed by atoms with van der Waals surface area (Å²) in [6, 6.07) is 22.9. The van der Waals surface area contributed by atoms with E-state index in [9.17, 15) is 4.79 Å². The molecule has 0 atom stereocenters. The number of carbonyl (C=O) groups is 1. The van der Waals surface area contributed by atoms with Gasteiger partial charge in [-0.25, -0.2) is 0 Å². The lowest BCUT2D eigenvalue weighted by molar-refractivity contribution is -0.115. The Morgan fingerprint density at radius 2 is 1.84 bits per heavy atom. The minimum Gasteiger partial charge on any atom is -0.489 e. The van der Waals surface area contributed by atoms with Gasteiger partial charge in [0.05, 0.1) is 11.9 Å². The number of anilines is 1. The maximum Gasteiger partial charge on any atom is 0.231 e. The molecule has 6 heteroatoms. The highest BCUT2D eigenvalue weighted by Gasteiger charge is 2.14. The number of aromatic nitrogens is 1. The summed E-state index contributed by atoms with van der Waals surface area (Å²) in [7, 11) is 0. The van der Waals surface area contributed by atoms with Gasteiger partial charge in [-0.2, -0.15) is 0 Å². The number of para-hydroxylation sites is 1.